The molecule has 31 heavy (non-hydrogen) atoms. The second-order valence-electron chi connectivity index (χ2n) is 7.27. The maximum Gasteiger partial charge on any atom is 0.573 e. The average Bonchev–Trinajstić information content (AvgIpc) is 3.13. The van der Waals surface area contributed by atoms with Crippen molar-refractivity contribution in [2.45, 2.75) is 18.8 Å². The summed E-state index contributed by atoms with van der Waals surface area (Å²) >= 11 is 0. The van der Waals surface area contributed by atoms with Gasteiger partial charge in [-0.1, -0.05) is 24.3 Å². The Bertz CT molecular complexity index is 1120. The van der Waals surface area contributed by atoms with Crippen molar-refractivity contribution < 1.29 is 27.8 Å². The van der Waals surface area contributed by atoms with Crippen LogP contribution in [0.3, 0.4) is 0 Å². The van der Waals surface area contributed by atoms with Crippen LogP contribution in [0.4, 0.5) is 13.2 Å². The van der Waals surface area contributed by atoms with Gasteiger partial charge < -0.3 is 20.5 Å². The number of hydrogen-bond donors (Lipinski definition) is 2. The monoisotopic (exact) mass is 452 g/mol. The van der Waals surface area contributed by atoms with Gasteiger partial charge in [0.15, 0.2) is 0 Å². The first-order chi connectivity index (χ1) is 14.2. The highest BCUT2D eigenvalue weighted by Gasteiger charge is 2.31. The van der Waals surface area contributed by atoms with E-state index >= 15 is 0 Å². The number of hydrogen-bond acceptors (Lipinski definition) is 4. The van der Waals surface area contributed by atoms with Crippen LogP contribution in [0.2, 0.25) is 0 Å². The predicted octanol–water partition coefficient (Wildman–Crippen LogP) is 4.71. The number of likely N-dealkylation sites (tertiary alicyclic amines) is 1. The molecule has 3 N–H and O–H groups in total. The third kappa shape index (κ3) is 4.86. The minimum Gasteiger partial charge on any atom is -0.507 e. The van der Waals surface area contributed by atoms with Gasteiger partial charge in [0.1, 0.15) is 11.5 Å². The minimum absolute atomic E-state index is 0. The predicted molar refractivity (Wildman–Crippen MR) is 113 cm³/mol. The molecule has 1 heterocycles. The summed E-state index contributed by atoms with van der Waals surface area (Å²) in [5.41, 5.74) is 7.12. The number of halogens is 4. The second kappa shape index (κ2) is 8.64. The fourth-order valence-corrected chi connectivity index (χ4v) is 3.73. The largest absolute Gasteiger partial charge is 0.573 e. The van der Waals surface area contributed by atoms with E-state index in [0.29, 0.717) is 29.6 Å². The summed E-state index contributed by atoms with van der Waals surface area (Å²) in [6, 6.07) is 13.7. The van der Waals surface area contributed by atoms with E-state index in [1.54, 1.807) is 41.3 Å². The van der Waals surface area contributed by atoms with Crippen molar-refractivity contribution in [3.05, 3.63) is 60.2 Å². The van der Waals surface area contributed by atoms with E-state index in [4.69, 9.17) is 5.73 Å². The number of ether oxygens (including phenoxy) is 1. The van der Waals surface area contributed by atoms with Crippen molar-refractivity contribution in [2.24, 2.45) is 5.73 Å². The number of amides is 1. The summed E-state index contributed by atoms with van der Waals surface area (Å²) in [5.74, 6) is -0.716. The Morgan fingerprint density at radius 3 is 2.55 bits per heavy atom. The minimum atomic E-state index is -4.83. The van der Waals surface area contributed by atoms with E-state index in [1.165, 1.54) is 0 Å². The van der Waals surface area contributed by atoms with Crippen molar-refractivity contribution in [2.75, 3.05) is 13.1 Å². The molecule has 4 rings (SSSR count). The lowest BCUT2D eigenvalue weighted by Crippen LogP contribution is -2.31. The van der Waals surface area contributed by atoms with E-state index in [2.05, 4.69) is 4.74 Å². The molecular weight excluding hydrogens is 433 g/mol. The molecule has 0 aliphatic carbocycles. The van der Waals surface area contributed by atoms with Crippen LogP contribution in [0.1, 0.15) is 16.8 Å². The first kappa shape index (κ1) is 22.7. The van der Waals surface area contributed by atoms with Gasteiger partial charge in [-0.25, -0.2) is 0 Å². The summed E-state index contributed by atoms with van der Waals surface area (Å²) in [6.45, 7) is 1.12. The molecule has 5 nitrogen and oxygen atoms in total. The lowest BCUT2D eigenvalue weighted by molar-refractivity contribution is -0.274. The number of rotatable bonds is 3. The Kier molecular flexibility index (Phi) is 6.33. The maximum atomic E-state index is 12.7. The van der Waals surface area contributed by atoms with Crippen molar-refractivity contribution in [1.29, 1.82) is 0 Å². The molecule has 1 atom stereocenters. The summed E-state index contributed by atoms with van der Waals surface area (Å²) in [4.78, 5) is 14.4. The molecule has 0 bridgehead atoms. The molecule has 0 unspecified atom stereocenters. The van der Waals surface area contributed by atoms with Gasteiger partial charge in [-0.15, -0.1) is 25.6 Å². The Morgan fingerprint density at radius 2 is 1.87 bits per heavy atom. The van der Waals surface area contributed by atoms with Crippen molar-refractivity contribution in [3.8, 4) is 22.6 Å². The lowest BCUT2D eigenvalue weighted by Gasteiger charge is -2.17. The van der Waals surface area contributed by atoms with Crippen LogP contribution in [0, 0.1) is 0 Å². The van der Waals surface area contributed by atoms with Crippen LogP contribution in [-0.2, 0) is 0 Å². The molecule has 1 saturated heterocycles. The fourth-order valence-electron chi connectivity index (χ4n) is 3.73. The lowest BCUT2D eigenvalue weighted by atomic mass is 9.96. The third-order valence-electron chi connectivity index (χ3n) is 5.13. The number of nitrogens with zero attached hydrogens (tertiary/aromatic N) is 1. The van der Waals surface area contributed by atoms with Gasteiger partial charge >= 0.3 is 6.36 Å². The SMILES string of the molecule is Cl.N[C@@H]1CCN(C(=O)c2ccc3c(-c4cc(OC(F)(F)F)ccc4O)cccc3c2)C1. The van der Waals surface area contributed by atoms with Gasteiger partial charge in [0.25, 0.3) is 5.91 Å². The smallest absolute Gasteiger partial charge is 0.507 e. The topological polar surface area (TPSA) is 75.8 Å². The Balaban J connectivity index is 0.00000272. The van der Waals surface area contributed by atoms with Crippen LogP contribution in [0.15, 0.2) is 54.6 Å². The molecular formula is C22H20ClF3N2O3. The van der Waals surface area contributed by atoms with Crippen molar-refractivity contribution in [3.63, 3.8) is 0 Å². The zero-order valence-corrected chi connectivity index (χ0v) is 17.0. The highest BCUT2D eigenvalue weighted by Crippen LogP contribution is 2.38. The summed E-state index contributed by atoms with van der Waals surface area (Å²) < 4.78 is 41.7. The first-order valence-corrected chi connectivity index (χ1v) is 9.38. The molecule has 0 saturated carbocycles. The molecule has 3 aromatic carbocycles. The van der Waals surface area contributed by atoms with Crippen LogP contribution in [0.25, 0.3) is 21.9 Å². The van der Waals surface area contributed by atoms with E-state index in [1.807, 2.05) is 0 Å². The molecule has 1 amide bonds. The number of carbonyl (C=O) groups is 1. The molecule has 9 heteroatoms. The number of nitrogens with two attached hydrogens (primary N) is 1. The molecule has 0 aromatic heterocycles. The third-order valence-corrected chi connectivity index (χ3v) is 5.13. The van der Waals surface area contributed by atoms with E-state index in [9.17, 15) is 23.1 Å². The highest BCUT2D eigenvalue weighted by atomic mass is 35.5. The van der Waals surface area contributed by atoms with Crippen molar-refractivity contribution in [1.82, 2.24) is 4.90 Å². The van der Waals surface area contributed by atoms with Crippen LogP contribution >= 0.6 is 12.4 Å². The number of alkyl halides is 3. The number of carbonyl (C=O) groups excluding carboxylic acids is 1. The average molecular weight is 453 g/mol. The maximum absolute atomic E-state index is 12.7. The van der Waals surface area contributed by atoms with Gasteiger partial charge in [0, 0.05) is 30.3 Å². The number of fused-ring (bicyclic) bond motifs is 1. The summed E-state index contributed by atoms with van der Waals surface area (Å²) in [7, 11) is 0. The molecule has 1 aliphatic rings. The first-order valence-electron chi connectivity index (χ1n) is 9.38. The molecule has 3 aromatic rings. The molecule has 0 spiro atoms. The van der Waals surface area contributed by atoms with E-state index in [0.717, 1.165) is 30.0 Å². The van der Waals surface area contributed by atoms with E-state index in [-0.39, 0.29) is 35.7 Å². The van der Waals surface area contributed by atoms with Gasteiger partial charge in [0.2, 0.25) is 0 Å². The molecule has 1 fully saturated rings. The standard InChI is InChI=1S/C22H19F3N2O3.ClH/c23-22(24,25)30-16-5-7-20(28)19(11-16)18-3-1-2-13-10-14(4-6-17(13)18)21(29)27-9-8-15(26)12-27;/h1-7,10-11,15,28H,8-9,12,26H2;1H/t15-;/m1./s1. The van der Waals surface area contributed by atoms with Crippen LogP contribution in [-0.4, -0.2) is 41.4 Å². The van der Waals surface area contributed by atoms with Gasteiger partial charge in [0.05, 0.1) is 0 Å². The Hall–Kier alpha value is -2.97. The van der Waals surface area contributed by atoms with Crippen LogP contribution in [0.5, 0.6) is 11.5 Å². The Morgan fingerprint density at radius 1 is 1.10 bits per heavy atom. The van der Waals surface area contributed by atoms with Gasteiger partial charge in [-0.05, 0) is 53.1 Å². The van der Waals surface area contributed by atoms with Gasteiger partial charge in [-0.2, -0.15) is 0 Å². The number of aromatic hydroxyl groups is 1. The number of benzene rings is 3. The zero-order valence-electron chi connectivity index (χ0n) is 16.2. The van der Waals surface area contributed by atoms with Gasteiger partial charge in [-0.3, -0.25) is 4.79 Å². The molecule has 0 radical (unpaired) electrons. The Labute approximate surface area is 182 Å². The van der Waals surface area contributed by atoms with Crippen molar-refractivity contribution >= 4 is 29.1 Å². The second-order valence-corrected chi connectivity index (χ2v) is 7.27. The normalized spacial score (nSPS) is 16.3. The van der Waals surface area contributed by atoms with Crippen LogP contribution < -0.4 is 10.5 Å². The van der Waals surface area contributed by atoms with E-state index < -0.39 is 12.1 Å². The fraction of sp³-hybridized carbons (Fsp3) is 0.227. The zero-order chi connectivity index (χ0) is 21.5. The summed E-state index contributed by atoms with van der Waals surface area (Å²) in [6.07, 6.45) is -4.07. The molecule has 164 valence electrons. The summed E-state index contributed by atoms with van der Waals surface area (Å²) in [5, 5.41) is 11.7. The highest BCUT2D eigenvalue weighted by molar-refractivity contribution is 6.03. The number of phenolic OH excluding ortho intramolecular Hbond substituents is 1. The number of phenols is 1. The molecule has 1 aliphatic heterocycles. The quantitative estimate of drug-likeness (QED) is 0.603.